The molecule has 0 unspecified atom stereocenters. The maximum Gasteiger partial charge on any atom is 0.355 e. The Balaban J connectivity index is 1.58. The normalized spacial score (nSPS) is 24.7. The smallest absolute Gasteiger partial charge is 0.355 e. The van der Waals surface area contributed by atoms with E-state index < -0.39 is 12.2 Å². The summed E-state index contributed by atoms with van der Waals surface area (Å²) in [5, 5.41) is 0. The zero-order valence-corrected chi connectivity index (χ0v) is 12.3. The van der Waals surface area contributed by atoms with Crippen LogP contribution in [0.3, 0.4) is 0 Å². The van der Waals surface area contributed by atoms with Gasteiger partial charge in [-0.25, -0.2) is 4.79 Å². The second-order valence-electron chi connectivity index (χ2n) is 5.22. The first kappa shape index (κ1) is 14.8. The molecule has 2 atom stereocenters. The van der Waals surface area contributed by atoms with Crippen LogP contribution < -0.4 is 0 Å². The van der Waals surface area contributed by atoms with Crippen molar-refractivity contribution < 1.29 is 23.8 Å². The van der Waals surface area contributed by atoms with Crippen molar-refractivity contribution in [2.24, 2.45) is 0 Å². The number of esters is 1. The molecule has 1 fully saturated rings. The largest absolute Gasteiger partial charge is 0.456 e. The molecular weight excluding hydrogens is 288 g/mol. The number of aromatic nitrogens is 1. The lowest BCUT2D eigenvalue weighted by Gasteiger charge is -2.27. The van der Waals surface area contributed by atoms with Gasteiger partial charge in [-0.2, -0.15) is 0 Å². The van der Waals surface area contributed by atoms with Crippen molar-refractivity contribution in [2.45, 2.75) is 25.3 Å². The van der Waals surface area contributed by atoms with Crippen LogP contribution in [0.1, 0.15) is 23.3 Å². The molecule has 22 heavy (non-hydrogen) atoms. The average molecular weight is 306 g/mol. The highest BCUT2D eigenvalue weighted by Crippen LogP contribution is 2.26. The zero-order valence-electron chi connectivity index (χ0n) is 12.3. The first-order valence-electron chi connectivity index (χ1n) is 7.14. The van der Waals surface area contributed by atoms with Gasteiger partial charge in [-0.15, -0.1) is 0 Å². The molecule has 3 heterocycles. The van der Waals surface area contributed by atoms with Crippen LogP contribution in [-0.4, -0.2) is 54.5 Å². The Hall–Kier alpha value is -2.12. The fourth-order valence-corrected chi connectivity index (χ4v) is 2.65. The maximum absolute atomic E-state index is 11.9. The van der Waals surface area contributed by atoms with Gasteiger partial charge in [0.15, 0.2) is 6.23 Å². The zero-order chi connectivity index (χ0) is 15.5. The number of aromatic amines is 1. The summed E-state index contributed by atoms with van der Waals surface area (Å²) in [5.41, 5.74) is 1.24. The molecule has 1 aromatic rings. The van der Waals surface area contributed by atoms with E-state index in [9.17, 15) is 9.59 Å². The monoisotopic (exact) mass is 306 g/mol. The Morgan fingerprint density at radius 2 is 2.41 bits per heavy atom. The van der Waals surface area contributed by atoms with E-state index in [1.807, 2.05) is 6.08 Å². The molecule has 1 saturated heterocycles. The van der Waals surface area contributed by atoms with Gasteiger partial charge >= 0.3 is 5.97 Å². The molecule has 0 radical (unpaired) electrons. The second-order valence-corrected chi connectivity index (χ2v) is 5.22. The minimum absolute atomic E-state index is 0.0118. The molecule has 2 aliphatic heterocycles. The molecule has 7 heteroatoms. The standard InChI is InChI=1S/C15H18N2O5/c1-20-13-5-4-12(18)17(13)14-7-10(8-21-14)9-22-15(19)11-3-2-6-16-11/h2-3,6-7,13-14,16H,4-5,8-9H2,1H3/t13-,14-/m0/s1. The summed E-state index contributed by atoms with van der Waals surface area (Å²) >= 11 is 0. The van der Waals surface area contributed by atoms with Gasteiger partial charge in [0.05, 0.1) is 6.61 Å². The van der Waals surface area contributed by atoms with Crippen LogP contribution in [0.2, 0.25) is 0 Å². The van der Waals surface area contributed by atoms with Crippen LogP contribution in [-0.2, 0) is 19.0 Å². The third kappa shape index (κ3) is 2.90. The quantitative estimate of drug-likeness (QED) is 0.649. The van der Waals surface area contributed by atoms with Gasteiger partial charge in [-0.05, 0) is 23.8 Å². The molecule has 0 aromatic carbocycles. The lowest BCUT2D eigenvalue weighted by atomic mass is 10.3. The molecule has 118 valence electrons. The van der Waals surface area contributed by atoms with E-state index in [2.05, 4.69) is 4.98 Å². The van der Waals surface area contributed by atoms with Gasteiger partial charge < -0.3 is 19.2 Å². The molecule has 0 saturated carbocycles. The third-order valence-corrected chi connectivity index (χ3v) is 3.77. The number of amides is 1. The fourth-order valence-electron chi connectivity index (χ4n) is 2.65. The summed E-state index contributed by atoms with van der Waals surface area (Å²) in [4.78, 5) is 28.0. The molecule has 1 aromatic heterocycles. The van der Waals surface area contributed by atoms with Crippen molar-refractivity contribution >= 4 is 11.9 Å². The van der Waals surface area contributed by atoms with Gasteiger partial charge in [0, 0.05) is 26.1 Å². The number of methoxy groups -OCH3 is 1. The SMILES string of the molecule is CO[C@H]1CCC(=O)N1[C@@H]1C=C(COC(=O)c2ccc[nH]2)CO1. The number of hydrogen-bond acceptors (Lipinski definition) is 5. The van der Waals surface area contributed by atoms with Gasteiger partial charge in [0.1, 0.15) is 18.5 Å². The highest BCUT2D eigenvalue weighted by atomic mass is 16.5. The van der Waals surface area contributed by atoms with Crippen LogP contribution in [0.15, 0.2) is 30.0 Å². The molecule has 0 spiro atoms. The minimum Gasteiger partial charge on any atom is -0.456 e. The number of hydrogen-bond donors (Lipinski definition) is 1. The van der Waals surface area contributed by atoms with Crippen LogP contribution in [0.25, 0.3) is 0 Å². The summed E-state index contributed by atoms with van der Waals surface area (Å²) in [5.74, 6) is -0.404. The predicted molar refractivity (Wildman–Crippen MR) is 75.8 cm³/mol. The number of ether oxygens (including phenoxy) is 3. The molecule has 0 bridgehead atoms. The van der Waals surface area contributed by atoms with Crippen LogP contribution in [0.4, 0.5) is 0 Å². The van der Waals surface area contributed by atoms with Crippen molar-refractivity contribution in [3.8, 4) is 0 Å². The molecule has 1 amide bonds. The number of carbonyl (C=O) groups excluding carboxylic acids is 2. The lowest BCUT2D eigenvalue weighted by molar-refractivity contribution is -0.150. The lowest BCUT2D eigenvalue weighted by Crippen LogP contribution is -2.42. The minimum atomic E-state index is -0.445. The number of rotatable bonds is 5. The van der Waals surface area contributed by atoms with E-state index in [-0.39, 0.29) is 18.7 Å². The van der Waals surface area contributed by atoms with E-state index in [0.717, 1.165) is 5.57 Å². The predicted octanol–water partition coefficient (Wildman–Crippen LogP) is 1.05. The van der Waals surface area contributed by atoms with Crippen LogP contribution in [0, 0.1) is 0 Å². The molecule has 0 aliphatic carbocycles. The summed E-state index contributed by atoms with van der Waals surface area (Å²) in [6, 6.07) is 3.38. The molecule has 3 rings (SSSR count). The highest BCUT2D eigenvalue weighted by Gasteiger charge is 2.38. The number of likely N-dealkylation sites (tertiary alicyclic amines) is 1. The average Bonchev–Trinajstić information content (AvgIpc) is 3.25. The number of carbonyl (C=O) groups is 2. The van der Waals surface area contributed by atoms with E-state index in [4.69, 9.17) is 14.2 Å². The molecule has 1 N–H and O–H groups in total. The van der Waals surface area contributed by atoms with Gasteiger partial charge in [0.25, 0.3) is 0 Å². The Morgan fingerprint density at radius 3 is 3.14 bits per heavy atom. The Labute approximate surface area is 127 Å². The Bertz CT molecular complexity index is 581. The topological polar surface area (TPSA) is 80.9 Å². The van der Waals surface area contributed by atoms with Gasteiger partial charge in [-0.3, -0.25) is 9.69 Å². The van der Waals surface area contributed by atoms with Crippen LogP contribution in [0.5, 0.6) is 0 Å². The van der Waals surface area contributed by atoms with Crippen molar-refractivity contribution in [3.05, 3.63) is 35.7 Å². The number of H-pyrrole nitrogens is 1. The first-order valence-corrected chi connectivity index (χ1v) is 7.14. The summed E-state index contributed by atoms with van der Waals surface area (Å²) < 4.78 is 16.1. The van der Waals surface area contributed by atoms with Crippen molar-refractivity contribution in [2.75, 3.05) is 20.3 Å². The number of nitrogens with zero attached hydrogens (tertiary/aromatic N) is 1. The van der Waals surface area contributed by atoms with E-state index in [1.54, 1.807) is 30.3 Å². The molecule has 2 aliphatic rings. The van der Waals surface area contributed by atoms with E-state index >= 15 is 0 Å². The Morgan fingerprint density at radius 1 is 1.55 bits per heavy atom. The van der Waals surface area contributed by atoms with Gasteiger partial charge in [-0.1, -0.05) is 0 Å². The Kier molecular flexibility index (Phi) is 4.26. The van der Waals surface area contributed by atoms with Crippen molar-refractivity contribution in [1.29, 1.82) is 0 Å². The maximum atomic E-state index is 11.9. The fraction of sp³-hybridized carbons (Fsp3) is 0.467. The second kappa shape index (κ2) is 6.33. The van der Waals surface area contributed by atoms with Crippen LogP contribution >= 0.6 is 0 Å². The summed E-state index contributed by atoms with van der Waals surface area (Å²) in [6.45, 7) is 0.483. The van der Waals surface area contributed by atoms with Crippen molar-refractivity contribution in [1.82, 2.24) is 9.88 Å². The number of nitrogens with one attached hydrogen (secondary N) is 1. The van der Waals surface area contributed by atoms with Crippen molar-refractivity contribution in [3.63, 3.8) is 0 Å². The molecule has 7 nitrogen and oxygen atoms in total. The summed E-state index contributed by atoms with van der Waals surface area (Å²) in [7, 11) is 1.58. The molecular formula is C15H18N2O5. The van der Waals surface area contributed by atoms with E-state index in [1.165, 1.54) is 0 Å². The summed E-state index contributed by atoms with van der Waals surface area (Å²) in [6.07, 6.45) is 3.91. The van der Waals surface area contributed by atoms with Gasteiger partial charge in [0.2, 0.25) is 5.91 Å². The third-order valence-electron chi connectivity index (χ3n) is 3.77. The van der Waals surface area contributed by atoms with E-state index in [0.29, 0.717) is 25.1 Å². The highest BCUT2D eigenvalue weighted by molar-refractivity contribution is 5.87. The first-order chi connectivity index (χ1) is 10.7.